The highest BCUT2D eigenvalue weighted by Crippen LogP contribution is 2.28. The van der Waals surface area contributed by atoms with Crippen LogP contribution in [-0.4, -0.2) is 9.97 Å². The van der Waals surface area contributed by atoms with Gasteiger partial charge in [-0.3, -0.25) is 4.98 Å². The minimum atomic E-state index is 0.552. The summed E-state index contributed by atoms with van der Waals surface area (Å²) in [4.78, 5) is 10.2. The molecule has 0 saturated carbocycles. The second-order valence-corrected chi connectivity index (χ2v) is 6.55. The number of thiazole rings is 1. The van der Waals surface area contributed by atoms with Crippen molar-refractivity contribution in [2.24, 2.45) is 11.7 Å². The van der Waals surface area contributed by atoms with E-state index in [1.165, 1.54) is 4.88 Å². The van der Waals surface area contributed by atoms with Crippen LogP contribution in [0.25, 0.3) is 10.7 Å². The Hall–Kier alpha value is -0.780. The molecule has 0 saturated heterocycles. The Morgan fingerprint density at radius 2 is 2.17 bits per heavy atom. The zero-order valence-electron chi connectivity index (χ0n) is 10.5. The Balaban J connectivity index is 2.34. The van der Waals surface area contributed by atoms with Crippen LogP contribution in [0.15, 0.2) is 22.8 Å². The molecule has 2 aromatic heterocycles. The molecule has 0 aliphatic rings. The normalized spacial score (nSPS) is 11.2. The molecule has 0 aliphatic carbocycles. The van der Waals surface area contributed by atoms with E-state index in [2.05, 4.69) is 39.7 Å². The van der Waals surface area contributed by atoms with E-state index in [4.69, 9.17) is 5.73 Å². The molecule has 96 valence electrons. The van der Waals surface area contributed by atoms with Crippen molar-refractivity contribution in [1.82, 2.24) is 9.97 Å². The first kappa shape index (κ1) is 13.6. The molecule has 0 radical (unpaired) electrons. The summed E-state index contributed by atoms with van der Waals surface area (Å²) >= 11 is 5.03. The maximum absolute atomic E-state index is 5.78. The molecule has 0 aromatic carbocycles. The van der Waals surface area contributed by atoms with E-state index >= 15 is 0 Å². The van der Waals surface area contributed by atoms with Gasteiger partial charge < -0.3 is 5.73 Å². The highest BCUT2D eigenvalue weighted by molar-refractivity contribution is 9.10. The van der Waals surface area contributed by atoms with Crippen molar-refractivity contribution in [2.45, 2.75) is 26.8 Å². The number of hydrogen-bond donors (Lipinski definition) is 1. The number of aromatic nitrogens is 2. The molecule has 0 spiro atoms. The van der Waals surface area contributed by atoms with E-state index in [1.807, 2.05) is 12.1 Å². The average Bonchev–Trinajstić information content (AvgIpc) is 2.72. The topological polar surface area (TPSA) is 51.8 Å². The second kappa shape index (κ2) is 5.91. The fourth-order valence-corrected chi connectivity index (χ4v) is 2.88. The van der Waals surface area contributed by atoms with Crippen LogP contribution >= 0.6 is 27.3 Å². The molecule has 2 aromatic rings. The molecular weight excluding hydrogens is 310 g/mol. The quantitative estimate of drug-likeness (QED) is 0.933. The lowest BCUT2D eigenvalue weighted by atomic mass is 10.1. The SMILES string of the molecule is CC(C)Cc1nc(-c2ccc(Br)cn2)sc1CN. The maximum Gasteiger partial charge on any atom is 0.142 e. The summed E-state index contributed by atoms with van der Waals surface area (Å²) in [6.45, 7) is 4.94. The zero-order valence-corrected chi connectivity index (χ0v) is 12.9. The second-order valence-electron chi connectivity index (χ2n) is 4.55. The lowest BCUT2D eigenvalue weighted by Crippen LogP contribution is -2.02. The number of hydrogen-bond acceptors (Lipinski definition) is 4. The molecule has 2 heterocycles. The number of nitrogens with two attached hydrogens (primary N) is 1. The maximum atomic E-state index is 5.78. The monoisotopic (exact) mass is 325 g/mol. The van der Waals surface area contributed by atoms with Crippen molar-refractivity contribution in [3.8, 4) is 10.7 Å². The summed E-state index contributed by atoms with van der Waals surface area (Å²) in [5.41, 5.74) is 7.82. The summed E-state index contributed by atoms with van der Waals surface area (Å²) in [7, 11) is 0. The average molecular weight is 326 g/mol. The molecule has 2 N–H and O–H groups in total. The van der Waals surface area contributed by atoms with Gasteiger partial charge in [-0.25, -0.2) is 4.98 Å². The molecule has 0 bridgehead atoms. The van der Waals surface area contributed by atoms with Crippen molar-refractivity contribution < 1.29 is 0 Å². The van der Waals surface area contributed by atoms with Gasteiger partial charge in [0.1, 0.15) is 5.01 Å². The Morgan fingerprint density at radius 3 is 2.72 bits per heavy atom. The van der Waals surface area contributed by atoms with Crippen LogP contribution < -0.4 is 5.73 Å². The van der Waals surface area contributed by atoms with Gasteiger partial charge in [0.2, 0.25) is 0 Å². The highest BCUT2D eigenvalue weighted by atomic mass is 79.9. The molecule has 0 aliphatic heterocycles. The van der Waals surface area contributed by atoms with Crippen molar-refractivity contribution in [2.75, 3.05) is 0 Å². The first-order chi connectivity index (χ1) is 8.60. The fourth-order valence-electron chi connectivity index (χ4n) is 1.70. The van der Waals surface area contributed by atoms with Crippen LogP contribution in [0.5, 0.6) is 0 Å². The number of rotatable bonds is 4. The minimum absolute atomic E-state index is 0.552. The number of pyridine rings is 1. The third-order valence-corrected chi connectivity index (χ3v) is 4.12. The Labute approximate surface area is 120 Å². The van der Waals surface area contributed by atoms with E-state index in [1.54, 1.807) is 17.5 Å². The van der Waals surface area contributed by atoms with E-state index in [-0.39, 0.29) is 0 Å². The van der Waals surface area contributed by atoms with Gasteiger partial charge in [0.15, 0.2) is 0 Å². The standard InChI is InChI=1S/C13H16BrN3S/c1-8(2)5-11-12(6-15)18-13(17-11)10-4-3-9(14)7-16-10/h3-4,7-8H,5-6,15H2,1-2H3. The molecular formula is C13H16BrN3S. The molecule has 5 heteroatoms. The largest absolute Gasteiger partial charge is 0.326 e. The molecule has 0 fully saturated rings. The van der Waals surface area contributed by atoms with Gasteiger partial charge in [-0.2, -0.15) is 0 Å². The van der Waals surface area contributed by atoms with Crippen LogP contribution in [0.2, 0.25) is 0 Å². The van der Waals surface area contributed by atoms with Gasteiger partial charge >= 0.3 is 0 Å². The van der Waals surface area contributed by atoms with Gasteiger partial charge in [-0.05, 0) is 40.4 Å². The lowest BCUT2D eigenvalue weighted by molar-refractivity contribution is 0.634. The van der Waals surface area contributed by atoms with Crippen LogP contribution in [-0.2, 0) is 13.0 Å². The van der Waals surface area contributed by atoms with Gasteiger partial charge in [-0.15, -0.1) is 11.3 Å². The smallest absolute Gasteiger partial charge is 0.142 e. The summed E-state index contributed by atoms with van der Waals surface area (Å²) < 4.78 is 0.976. The van der Waals surface area contributed by atoms with E-state index in [0.29, 0.717) is 12.5 Å². The lowest BCUT2D eigenvalue weighted by Gasteiger charge is -2.02. The predicted molar refractivity (Wildman–Crippen MR) is 79.5 cm³/mol. The molecule has 2 rings (SSSR count). The van der Waals surface area contributed by atoms with Crippen LogP contribution in [0.3, 0.4) is 0 Å². The van der Waals surface area contributed by atoms with Gasteiger partial charge in [0.25, 0.3) is 0 Å². The van der Waals surface area contributed by atoms with Gasteiger partial charge in [-0.1, -0.05) is 13.8 Å². The van der Waals surface area contributed by atoms with Crippen molar-refractivity contribution in [3.63, 3.8) is 0 Å². The van der Waals surface area contributed by atoms with Crippen LogP contribution in [0.4, 0.5) is 0 Å². The number of nitrogens with zero attached hydrogens (tertiary/aromatic N) is 2. The third-order valence-electron chi connectivity index (χ3n) is 2.51. The highest BCUT2D eigenvalue weighted by Gasteiger charge is 2.13. The summed E-state index contributed by atoms with van der Waals surface area (Å²) in [6, 6.07) is 3.95. The van der Waals surface area contributed by atoms with Crippen molar-refractivity contribution >= 4 is 27.3 Å². The van der Waals surface area contributed by atoms with E-state index in [9.17, 15) is 0 Å². The zero-order chi connectivity index (χ0) is 13.1. The fraction of sp³-hybridized carbons (Fsp3) is 0.385. The first-order valence-corrected chi connectivity index (χ1v) is 7.51. The molecule has 18 heavy (non-hydrogen) atoms. The molecule has 0 atom stereocenters. The van der Waals surface area contributed by atoms with E-state index < -0.39 is 0 Å². The Kier molecular flexibility index (Phi) is 4.48. The summed E-state index contributed by atoms with van der Waals surface area (Å²) in [5, 5.41) is 0.957. The van der Waals surface area contributed by atoms with Crippen LogP contribution in [0, 0.1) is 5.92 Å². The van der Waals surface area contributed by atoms with Crippen molar-refractivity contribution in [1.29, 1.82) is 0 Å². The Morgan fingerprint density at radius 1 is 1.39 bits per heavy atom. The van der Waals surface area contributed by atoms with E-state index in [0.717, 1.165) is 27.3 Å². The summed E-state index contributed by atoms with van der Waals surface area (Å²) in [6.07, 6.45) is 2.76. The van der Waals surface area contributed by atoms with Gasteiger partial charge in [0, 0.05) is 22.1 Å². The minimum Gasteiger partial charge on any atom is -0.326 e. The molecule has 0 amide bonds. The van der Waals surface area contributed by atoms with Crippen molar-refractivity contribution in [3.05, 3.63) is 33.4 Å². The Bertz CT molecular complexity index is 520. The summed E-state index contributed by atoms with van der Waals surface area (Å²) in [5.74, 6) is 0.586. The molecule has 0 unspecified atom stereocenters. The first-order valence-electron chi connectivity index (χ1n) is 5.90. The number of halogens is 1. The van der Waals surface area contributed by atoms with Gasteiger partial charge in [0.05, 0.1) is 11.4 Å². The molecule has 3 nitrogen and oxygen atoms in total. The third kappa shape index (κ3) is 3.16. The predicted octanol–water partition coefficient (Wildman–Crippen LogP) is 3.62. The van der Waals surface area contributed by atoms with Crippen LogP contribution in [0.1, 0.15) is 24.4 Å².